The number of thiocarbonyl (C=S) groups is 1. The van der Waals surface area contributed by atoms with Crippen LogP contribution in [0.3, 0.4) is 0 Å². The summed E-state index contributed by atoms with van der Waals surface area (Å²) in [5.41, 5.74) is 7.91. The van der Waals surface area contributed by atoms with Gasteiger partial charge in [-0.2, -0.15) is 0 Å². The molecule has 0 unspecified atom stereocenters. The number of unbranched alkanes of at least 4 members (excludes halogenated alkanes) is 1. The van der Waals surface area contributed by atoms with Gasteiger partial charge in [0.25, 0.3) is 5.91 Å². The van der Waals surface area contributed by atoms with Crippen molar-refractivity contribution in [1.29, 1.82) is 0 Å². The van der Waals surface area contributed by atoms with Crippen molar-refractivity contribution in [2.75, 3.05) is 5.32 Å². The molecule has 0 bridgehead atoms. The van der Waals surface area contributed by atoms with E-state index in [4.69, 9.17) is 12.2 Å². The summed E-state index contributed by atoms with van der Waals surface area (Å²) in [7, 11) is 0. The van der Waals surface area contributed by atoms with Crippen molar-refractivity contribution in [3.8, 4) is 0 Å². The number of carbonyl (C=O) groups is 3. The second kappa shape index (κ2) is 12.2. The Morgan fingerprint density at radius 1 is 0.968 bits per heavy atom. The second-order valence-electron chi connectivity index (χ2n) is 6.87. The quantitative estimate of drug-likeness (QED) is 0.301. The lowest BCUT2D eigenvalue weighted by Gasteiger charge is -2.10. The van der Waals surface area contributed by atoms with Crippen LogP contribution in [0.1, 0.15) is 47.7 Å². The summed E-state index contributed by atoms with van der Waals surface area (Å²) < 4.78 is 0. The Kier molecular flexibility index (Phi) is 9.38. The number of benzene rings is 2. The first-order valence-corrected chi connectivity index (χ1v) is 10.3. The molecule has 0 aliphatic heterocycles. The van der Waals surface area contributed by atoms with Crippen LogP contribution in [0.5, 0.6) is 0 Å². The molecule has 8 heteroatoms. The first-order valence-electron chi connectivity index (χ1n) is 9.93. The Morgan fingerprint density at radius 3 is 2.29 bits per heavy atom. The van der Waals surface area contributed by atoms with Gasteiger partial charge in [0, 0.05) is 23.7 Å². The summed E-state index contributed by atoms with van der Waals surface area (Å²) in [6, 6.07) is 14.2. The van der Waals surface area contributed by atoms with Crippen molar-refractivity contribution < 1.29 is 14.4 Å². The van der Waals surface area contributed by atoms with E-state index < -0.39 is 11.8 Å². The molecule has 0 aromatic heterocycles. The van der Waals surface area contributed by atoms with Gasteiger partial charge in [0.05, 0.1) is 0 Å². The van der Waals surface area contributed by atoms with Crippen LogP contribution in [0.25, 0.3) is 6.08 Å². The van der Waals surface area contributed by atoms with Crippen LogP contribution in [0.4, 0.5) is 5.69 Å². The fourth-order valence-electron chi connectivity index (χ4n) is 2.49. The summed E-state index contributed by atoms with van der Waals surface area (Å²) in [4.78, 5) is 35.9. The predicted molar refractivity (Wildman–Crippen MR) is 126 cm³/mol. The lowest BCUT2D eigenvalue weighted by molar-refractivity contribution is -0.116. The van der Waals surface area contributed by atoms with Gasteiger partial charge in [-0.15, -0.1) is 0 Å². The Bertz CT molecular complexity index is 954. The third-order valence-electron chi connectivity index (χ3n) is 4.22. The molecule has 2 aromatic rings. The van der Waals surface area contributed by atoms with E-state index in [9.17, 15) is 14.4 Å². The van der Waals surface area contributed by atoms with Crippen molar-refractivity contribution in [2.45, 2.75) is 33.1 Å². The first kappa shape index (κ1) is 23.8. The Morgan fingerprint density at radius 2 is 1.65 bits per heavy atom. The van der Waals surface area contributed by atoms with E-state index >= 15 is 0 Å². The highest BCUT2D eigenvalue weighted by Gasteiger charge is 2.08. The van der Waals surface area contributed by atoms with E-state index in [1.807, 2.05) is 38.1 Å². The first-order chi connectivity index (χ1) is 14.9. The van der Waals surface area contributed by atoms with Crippen molar-refractivity contribution >= 4 is 46.8 Å². The van der Waals surface area contributed by atoms with Gasteiger partial charge in [-0.25, -0.2) is 0 Å². The van der Waals surface area contributed by atoms with Gasteiger partial charge in [0.1, 0.15) is 0 Å². The molecule has 7 nitrogen and oxygen atoms in total. The van der Waals surface area contributed by atoms with Crippen LogP contribution in [-0.2, 0) is 9.59 Å². The van der Waals surface area contributed by atoms with E-state index in [-0.39, 0.29) is 11.0 Å². The number of anilines is 1. The van der Waals surface area contributed by atoms with Gasteiger partial charge in [0.2, 0.25) is 11.8 Å². The number of carbonyl (C=O) groups excluding carboxylic acids is 3. The molecule has 162 valence electrons. The van der Waals surface area contributed by atoms with Gasteiger partial charge >= 0.3 is 0 Å². The lowest BCUT2D eigenvalue weighted by atomic mass is 10.1. The van der Waals surface area contributed by atoms with Gasteiger partial charge in [-0.3, -0.25) is 30.6 Å². The van der Waals surface area contributed by atoms with E-state index in [0.717, 1.165) is 24.0 Å². The highest BCUT2D eigenvalue weighted by molar-refractivity contribution is 7.80. The average Bonchev–Trinajstić information content (AvgIpc) is 2.76. The third kappa shape index (κ3) is 8.79. The predicted octanol–water partition coefficient (Wildman–Crippen LogP) is 3.47. The largest absolute Gasteiger partial charge is 0.326 e. The smallest absolute Gasteiger partial charge is 0.269 e. The summed E-state index contributed by atoms with van der Waals surface area (Å²) in [5.74, 6) is -0.913. The number of hydrogen-bond acceptors (Lipinski definition) is 4. The SMILES string of the molecule is CCCCC(=O)Nc1ccc(C(=O)NNC(=S)NC(=O)C=Cc2ccc(C)cc2)cc1. The minimum Gasteiger partial charge on any atom is -0.326 e. The van der Waals surface area contributed by atoms with Crippen LogP contribution in [0.2, 0.25) is 0 Å². The van der Waals surface area contributed by atoms with Crippen LogP contribution in [0, 0.1) is 6.92 Å². The normalized spacial score (nSPS) is 10.4. The van der Waals surface area contributed by atoms with Crippen LogP contribution in [0.15, 0.2) is 54.6 Å². The zero-order chi connectivity index (χ0) is 22.6. The van der Waals surface area contributed by atoms with Gasteiger partial charge in [-0.1, -0.05) is 43.2 Å². The molecular formula is C23H26N4O3S. The zero-order valence-corrected chi connectivity index (χ0v) is 18.3. The van der Waals surface area contributed by atoms with Crippen molar-refractivity contribution in [3.63, 3.8) is 0 Å². The number of nitrogens with one attached hydrogen (secondary N) is 4. The number of amides is 3. The Labute approximate surface area is 187 Å². The molecule has 2 aromatic carbocycles. The molecule has 0 atom stereocenters. The minimum absolute atomic E-state index is 0.0355. The van der Waals surface area contributed by atoms with Gasteiger partial charge < -0.3 is 5.32 Å². The van der Waals surface area contributed by atoms with Gasteiger partial charge in [-0.05, 0) is 61.5 Å². The lowest BCUT2D eigenvalue weighted by Crippen LogP contribution is -2.48. The summed E-state index contributed by atoms with van der Waals surface area (Å²) in [6.45, 7) is 4.01. The van der Waals surface area contributed by atoms with E-state index in [0.29, 0.717) is 17.7 Å². The molecular weight excluding hydrogens is 412 g/mol. The van der Waals surface area contributed by atoms with Crippen LogP contribution in [-0.4, -0.2) is 22.8 Å². The van der Waals surface area contributed by atoms with Crippen LogP contribution >= 0.6 is 12.2 Å². The van der Waals surface area contributed by atoms with Gasteiger partial charge in [0.15, 0.2) is 5.11 Å². The maximum atomic E-state index is 12.2. The molecule has 4 N–H and O–H groups in total. The fourth-order valence-corrected chi connectivity index (χ4v) is 2.64. The minimum atomic E-state index is -0.435. The molecule has 2 rings (SSSR count). The summed E-state index contributed by atoms with van der Waals surface area (Å²) in [5, 5.41) is 5.19. The van der Waals surface area contributed by atoms with Crippen molar-refractivity contribution in [1.82, 2.24) is 16.2 Å². The molecule has 0 heterocycles. The number of hydrogen-bond donors (Lipinski definition) is 4. The Hall–Kier alpha value is -3.52. The molecule has 0 radical (unpaired) electrons. The maximum Gasteiger partial charge on any atom is 0.269 e. The van der Waals surface area contributed by atoms with Crippen LogP contribution < -0.4 is 21.5 Å². The maximum absolute atomic E-state index is 12.2. The number of hydrazine groups is 1. The fraction of sp³-hybridized carbons (Fsp3) is 0.217. The van der Waals surface area contributed by atoms with Crippen molar-refractivity contribution in [2.24, 2.45) is 0 Å². The number of aryl methyl sites for hydroxylation is 1. The molecule has 0 spiro atoms. The van der Waals surface area contributed by atoms with E-state index in [1.54, 1.807) is 30.3 Å². The summed E-state index contributed by atoms with van der Waals surface area (Å²) >= 11 is 5.01. The second-order valence-corrected chi connectivity index (χ2v) is 7.28. The highest BCUT2D eigenvalue weighted by Crippen LogP contribution is 2.10. The molecule has 3 amide bonds. The number of rotatable bonds is 7. The zero-order valence-electron chi connectivity index (χ0n) is 17.5. The van der Waals surface area contributed by atoms with E-state index in [2.05, 4.69) is 21.5 Å². The summed E-state index contributed by atoms with van der Waals surface area (Å²) in [6.07, 6.45) is 5.26. The highest BCUT2D eigenvalue weighted by atomic mass is 32.1. The molecule has 0 aliphatic rings. The topological polar surface area (TPSA) is 99.3 Å². The van der Waals surface area contributed by atoms with Crippen molar-refractivity contribution in [3.05, 3.63) is 71.3 Å². The molecule has 0 fully saturated rings. The standard InChI is InChI=1S/C23H26N4O3S/c1-3-4-5-20(28)24-19-13-11-18(12-14-19)22(30)26-27-23(31)25-21(29)15-10-17-8-6-16(2)7-9-17/h6-15H,3-5H2,1-2H3,(H,24,28)(H,26,30)(H2,25,27,29,31). The Balaban J connectivity index is 1.76. The molecule has 0 saturated heterocycles. The molecule has 31 heavy (non-hydrogen) atoms. The monoisotopic (exact) mass is 438 g/mol. The average molecular weight is 439 g/mol. The molecule has 0 aliphatic carbocycles. The molecule has 0 saturated carbocycles. The third-order valence-corrected chi connectivity index (χ3v) is 4.42. The van der Waals surface area contributed by atoms with E-state index in [1.165, 1.54) is 6.08 Å².